The number of rotatable bonds is 5. The van der Waals surface area contributed by atoms with Crippen molar-refractivity contribution in [3.05, 3.63) is 42.0 Å². The van der Waals surface area contributed by atoms with Gasteiger partial charge < -0.3 is 14.7 Å². The Labute approximate surface area is 145 Å². The van der Waals surface area contributed by atoms with Crippen LogP contribution in [0.15, 0.2) is 36.4 Å². The summed E-state index contributed by atoms with van der Waals surface area (Å²) < 4.78 is 5.35. The van der Waals surface area contributed by atoms with Gasteiger partial charge >= 0.3 is 0 Å². The largest absolute Gasteiger partial charge is 0.507 e. The number of carbonyl (C=O) groups excluding carboxylic acids is 1. The Morgan fingerprint density at radius 2 is 2.04 bits per heavy atom. The molecule has 3 N–H and O–H groups in total. The molecule has 3 rings (SSSR count). The van der Waals surface area contributed by atoms with Crippen molar-refractivity contribution in [2.75, 3.05) is 18.9 Å². The van der Waals surface area contributed by atoms with Crippen LogP contribution in [0.25, 0.3) is 11.1 Å². The summed E-state index contributed by atoms with van der Waals surface area (Å²) in [4.78, 5) is 13.6. The minimum atomic E-state index is 0.0126. The fraction of sp³-hybridized carbons (Fsp3) is 0.278. The molecule has 0 aliphatic carbocycles. The van der Waals surface area contributed by atoms with E-state index in [2.05, 4.69) is 0 Å². The summed E-state index contributed by atoms with van der Waals surface area (Å²) in [6.07, 6.45) is 1.36. The van der Waals surface area contributed by atoms with Crippen molar-refractivity contribution in [2.24, 2.45) is 0 Å². The van der Waals surface area contributed by atoms with Crippen LogP contribution in [0.2, 0.25) is 0 Å². The minimum Gasteiger partial charge on any atom is -0.507 e. The van der Waals surface area contributed by atoms with Gasteiger partial charge in [0, 0.05) is 25.1 Å². The summed E-state index contributed by atoms with van der Waals surface area (Å²) in [7, 11) is 1.50. The first kappa shape index (κ1) is 17.1. The summed E-state index contributed by atoms with van der Waals surface area (Å²) in [6.45, 7) is 1.01. The Morgan fingerprint density at radius 3 is 2.68 bits per heavy atom. The number of aromatic hydroxyl groups is 1. The lowest BCUT2D eigenvalue weighted by Gasteiger charge is -2.19. The molecule has 1 aliphatic heterocycles. The lowest BCUT2D eigenvalue weighted by atomic mass is 9.99. The van der Waals surface area contributed by atoms with Crippen molar-refractivity contribution in [1.29, 1.82) is 0 Å². The molecule has 0 unspecified atom stereocenters. The highest BCUT2D eigenvalue weighted by Crippen LogP contribution is 2.41. The van der Waals surface area contributed by atoms with Crippen LogP contribution in [0.4, 0.5) is 5.69 Å². The van der Waals surface area contributed by atoms with Gasteiger partial charge in [-0.1, -0.05) is 12.1 Å². The van der Waals surface area contributed by atoms with E-state index in [9.17, 15) is 20.3 Å². The van der Waals surface area contributed by atoms with Gasteiger partial charge in [-0.25, -0.2) is 0 Å². The molecule has 1 amide bonds. The molecule has 0 aromatic heterocycles. The van der Waals surface area contributed by atoms with Crippen molar-refractivity contribution in [3.8, 4) is 22.6 Å². The average Bonchev–Trinajstić information content (AvgIpc) is 3.01. The molecule has 0 radical (unpaired) electrons. The Balaban J connectivity index is 2.04. The van der Waals surface area contributed by atoms with E-state index < -0.39 is 0 Å². The number of anilines is 1. The van der Waals surface area contributed by atoms with Crippen LogP contribution in [-0.4, -0.2) is 40.0 Å². The quantitative estimate of drug-likeness (QED) is 0.722. The standard InChI is InChI=1S/C18H20N2O5/c1-25-15-8-7-13(11-19-9-3-6-16(19)21)18(22)17(15)12-4-2-5-14(10-12)20(23)24/h2,4-5,7-8,10,22-24H,3,6,9,11H2,1H3. The van der Waals surface area contributed by atoms with Gasteiger partial charge in [-0.2, -0.15) is 0 Å². The fourth-order valence-corrected chi connectivity index (χ4v) is 3.06. The molecule has 7 nitrogen and oxygen atoms in total. The van der Waals surface area contributed by atoms with E-state index in [1.165, 1.54) is 19.2 Å². The molecule has 0 saturated carbocycles. The highest BCUT2D eigenvalue weighted by atomic mass is 16.8. The van der Waals surface area contributed by atoms with Crippen LogP contribution in [0.3, 0.4) is 0 Å². The van der Waals surface area contributed by atoms with Crippen LogP contribution in [-0.2, 0) is 11.3 Å². The predicted octanol–water partition coefficient (Wildman–Crippen LogP) is 2.78. The van der Waals surface area contributed by atoms with Crippen LogP contribution in [0, 0.1) is 0 Å². The van der Waals surface area contributed by atoms with Gasteiger partial charge in [0.15, 0.2) is 0 Å². The number of methoxy groups -OCH3 is 1. The zero-order valence-electron chi connectivity index (χ0n) is 13.8. The third-order valence-electron chi connectivity index (χ3n) is 4.34. The van der Waals surface area contributed by atoms with Gasteiger partial charge in [0.05, 0.1) is 18.4 Å². The lowest BCUT2D eigenvalue weighted by molar-refractivity contribution is -0.128. The maximum Gasteiger partial charge on any atom is 0.222 e. The molecular formula is C18H20N2O5. The zero-order chi connectivity index (χ0) is 18.0. The molecule has 7 heteroatoms. The molecule has 1 aliphatic rings. The predicted molar refractivity (Wildman–Crippen MR) is 90.8 cm³/mol. The second-order valence-electron chi connectivity index (χ2n) is 5.91. The number of hydrogen-bond donors (Lipinski definition) is 3. The van der Waals surface area contributed by atoms with Crippen molar-refractivity contribution in [2.45, 2.75) is 19.4 Å². The molecule has 2 aromatic carbocycles. The summed E-state index contributed by atoms with van der Waals surface area (Å²) >= 11 is 0. The number of likely N-dealkylation sites (tertiary alicyclic amines) is 1. The normalized spacial score (nSPS) is 14.0. The maximum absolute atomic E-state index is 11.8. The van der Waals surface area contributed by atoms with Crippen molar-refractivity contribution in [3.63, 3.8) is 0 Å². The number of phenols is 1. The average molecular weight is 344 g/mol. The molecule has 0 atom stereocenters. The molecule has 25 heavy (non-hydrogen) atoms. The number of ether oxygens (including phenoxy) is 1. The molecule has 0 bridgehead atoms. The van der Waals surface area contributed by atoms with Crippen LogP contribution < -0.4 is 9.96 Å². The molecule has 0 spiro atoms. The highest BCUT2D eigenvalue weighted by Gasteiger charge is 2.23. The minimum absolute atomic E-state index is 0.0126. The Morgan fingerprint density at radius 1 is 1.24 bits per heavy atom. The Bertz CT molecular complexity index is 791. The van der Waals surface area contributed by atoms with E-state index in [0.717, 1.165) is 6.42 Å². The second kappa shape index (κ2) is 7.00. The van der Waals surface area contributed by atoms with Gasteiger partial charge in [0.2, 0.25) is 5.91 Å². The SMILES string of the molecule is COc1ccc(CN2CCCC2=O)c(O)c1-c1cccc(N(O)O)c1. The third kappa shape index (κ3) is 3.38. The van der Waals surface area contributed by atoms with Gasteiger partial charge in [-0.3, -0.25) is 15.2 Å². The summed E-state index contributed by atoms with van der Waals surface area (Å²) in [5, 5.41) is 29.2. The van der Waals surface area contributed by atoms with E-state index in [1.54, 1.807) is 29.2 Å². The zero-order valence-corrected chi connectivity index (χ0v) is 13.8. The van der Waals surface area contributed by atoms with Gasteiger partial charge in [0.1, 0.15) is 11.5 Å². The third-order valence-corrected chi connectivity index (χ3v) is 4.34. The summed E-state index contributed by atoms with van der Waals surface area (Å²) in [5.41, 5.74) is 1.77. The maximum atomic E-state index is 11.8. The lowest BCUT2D eigenvalue weighted by Crippen LogP contribution is -2.23. The van der Waals surface area contributed by atoms with E-state index in [4.69, 9.17) is 4.74 Å². The van der Waals surface area contributed by atoms with Crippen LogP contribution in [0.5, 0.6) is 11.5 Å². The van der Waals surface area contributed by atoms with Gasteiger partial charge in [0.25, 0.3) is 0 Å². The molecule has 1 saturated heterocycles. The van der Waals surface area contributed by atoms with E-state index >= 15 is 0 Å². The first-order valence-electron chi connectivity index (χ1n) is 7.96. The summed E-state index contributed by atoms with van der Waals surface area (Å²) in [6, 6.07) is 9.86. The number of phenolic OH excluding ortho intramolecular Hbond substituents is 1. The number of carbonyl (C=O) groups is 1. The van der Waals surface area contributed by atoms with Crippen LogP contribution >= 0.6 is 0 Å². The second-order valence-corrected chi connectivity index (χ2v) is 5.91. The summed E-state index contributed by atoms with van der Waals surface area (Å²) in [5.74, 6) is 0.544. The van der Waals surface area contributed by atoms with Gasteiger partial charge in [-0.15, -0.1) is 5.23 Å². The number of amides is 1. The topological polar surface area (TPSA) is 93.5 Å². The van der Waals surface area contributed by atoms with E-state index in [-0.39, 0.29) is 22.6 Å². The number of benzene rings is 2. The van der Waals surface area contributed by atoms with Gasteiger partial charge in [-0.05, 0) is 36.2 Å². The first-order valence-corrected chi connectivity index (χ1v) is 7.96. The molecule has 2 aromatic rings. The van der Waals surface area contributed by atoms with E-state index in [1.807, 2.05) is 0 Å². The smallest absolute Gasteiger partial charge is 0.222 e. The molecular weight excluding hydrogens is 324 g/mol. The van der Waals surface area contributed by atoms with Crippen molar-refractivity contribution >= 4 is 11.6 Å². The van der Waals surface area contributed by atoms with Crippen LogP contribution in [0.1, 0.15) is 18.4 Å². The molecule has 1 fully saturated rings. The highest BCUT2D eigenvalue weighted by molar-refractivity contribution is 5.81. The monoisotopic (exact) mass is 344 g/mol. The van der Waals surface area contributed by atoms with Crippen molar-refractivity contribution < 1.29 is 25.1 Å². The first-order chi connectivity index (χ1) is 12.0. The number of nitrogens with zero attached hydrogens (tertiary/aromatic N) is 2. The number of hydrogen-bond acceptors (Lipinski definition) is 6. The Kier molecular flexibility index (Phi) is 4.78. The molecule has 1 heterocycles. The van der Waals surface area contributed by atoms with Crippen molar-refractivity contribution in [1.82, 2.24) is 4.90 Å². The fourth-order valence-electron chi connectivity index (χ4n) is 3.06. The molecule has 132 valence electrons. The Hall–Kier alpha value is -2.77. The van der Waals surface area contributed by atoms with E-state index in [0.29, 0.717) is 42.0 Å².